The number of hydrogen-bond acceptors (Lipinski definition) is 11. The van der Waals surface area contributed by atoms with Gasteiger partial charge < -0.3 is 39.1 Å². The number of hydrogen-bond donors (Lipinski definition) is 2. The fraction of sp³-hybridized carbons (Fsp3) is 0.460. The molecule has 0 saturated carbocycles. The van der Waals surface area contributed by atoms with E-state index in [1.807, 2.05) is 52.0 Å². The summed E-state index contributed by atoms with van der Waals surface area (Å²) >= 11 is 5.62. The molecule has 15 nitrogen and oxygen atoms in total. The van der Waals surface area contributed by atoms with Crippen molar-refractivity contribution in [3.63, 3.8) is 0 Å². The van der Waals surface area contributed by atoms with Crippen molar-refractivity contribution in [2.45, 2.75) is 104 Å². The minimum Gasteiger partial charge on any atom is -0.494 e. The number of halogens is 3. The Hall–Kier alpha value is -6.36. The maximum Gasteiger partial charge on any atom is 0.417 e. The molecule has 2 atom stereocenters. The number of benzene rings is 3. The van der Waals surface area contributed by atoms with E-state index in [2.05, 4.69) is 15.6 Å². The van der Waals surface area contributed by atoms with E-state index in [-0.39, 0.29) is 35.8 Å². The van der Waals surface area contributed by atoms with Gasteiger partial charge in [0.15, 0.2) is 17.3 Å². The second kappa shape index (κ2) is 22.4. The Bertz CT molecular complexity index is 2520. The summed E-state index contributed by atoms with van der Waals surface area (Å²) in [5.41, 5.74) is -0.532. The van der Waals surface area contributed by atoms with E-state index >= 15 is 0 Å². The first-order chi connectivity index (χ1) is 32.7. The zero-order chi connectivity index (χ0) is 50.1. The average Bonchev–Trinajstić information content (AvgIpc) is 4.02. The molecule has 3 aromatic carbocycles. The number of amides is 4. The van der Waals surface area contributed by atoms with Crippen LogP contribution in [0.2, 0.25) is 0 Å². The minimum atomic E-state index is -4.80. The van der Waals surface area contributed by atoms with Gasteiger partial charge in [-0.2, -0.15) is 18.4 Å². The molecule has 4 amide bonds. The van der Waals surface area contributed by atoms with Crippen molar-refractivity contribution in [3.8, 4) is 23.1 Å². The van der Waals surface area contributed by atoms with Crippen molar-refractivity contribution >= 4 is 52.3 Å². The van der Waals surface area contributed by atoms with Crippen LogP contribution in [0.4, 0.5) is 24.5 Å². The van der Waals surface area contributed by atoms with Crippen LogP contribution >= 0.6 is 12.2 Å². The molecule has 6 rings (SSSR count). The summed E-state index contributed by atoms with van der Waals surface area (Å²) in [5.74, 6) is -0.241. The average molecular weight is 974 g/mol. The number of likely N-dealkylation sites (tertiary alicyclic amines) is 1. The summed E-state index contributed by atoms with van der Waals surface area (Å²) in [7, 11) is 0. The number of carbonyl (C=O) groups is 4. The summed E-state index contributed by atoms with van der Waals surface area (Å²) in [6.45, 7) is 12.8. The Morgan fingerprint density at radius 3 is 2.28 bits per heavy atom. The van der Waals surface area contributed by atoms with E-state index in [0.29, 0.717) is 75.8 Å². The predicted octanol–water partition coefficient (Wildman–Crippen LogP) is 7.88. The van der Waals surface area contributed by atoms with Crippen LogP contribution in [-0.2, 0) is 41.4 Å². The minimum absolute atomic E-state index is 0.00183. The van der Waals surface area contributed by atoms with Crippen LogP contribution in [0.15, 0.2) is 77.5 Å². The number of unbranched alkanes of at least 4 members (excludes halogenated alkanes) is 1. The smallest absolute Gasteiger partial charge is 0.417 e. The van der Waals surface area contributed by atoms with E-state index in [9.17, 15) is 37.6 Å². The molecule has 4 aromatic rings. The van der Waals surface area contributed by atoms with E-state index in [1.54, 1.807) is 54.0 Å². The summed E-state index contributed by atoms with van der Waals surface area (Å²) < 4.78 is 63.8. The number of ether oxygens (including phenoxy) is 3. The number of aryl methyl sites for hydroxylation is 1. The lowest BCUT2D eigenvalue weighted by Gasteiger charge is -2.35. The highest BCUT2D eigenvalue weighted by molar-refractivity contribution is 7.81. The van der Waals surface area contributed by atoms with Crippen LogP contribution in [0.1, 0.15) is 89.1 Å². The molecule has 2 aliphatic rings. The maximum atomic E-state index is 13.9. The normalized spacial score (nSPS) is 16.4. The highest BCUT2D eigenvalue weighted by atomic mass is 32.1. The van der Waals surface area contributed by atoms with Crippen LogP contribution in [0.25, 0.3) is 11.3 Å². The summed E-state index contributed by atoms with van der Waals surface area (Å²) in [6, 6.07) is 17.6. The predicted molar refractivity (Wildman–Crippen MR) is 255 cm³/mol. The van der Waals surface area contributed by atoms with E-state index in [1.165, 1.54) is 12.5 Å². The molecular formula is C50H58F3N7O8S. The Morgan fingerprint density at radius 1 is 0.957 bits per heavy atom. The first-order valence-corrected chi connectivity index (χ1v) is 23.2. The van der Waals surface area contributed by atoms with Gasteiger partial charge in [-0.15, -0.1) is 0 Å². The lowest BCUT2D eigenvalue weighted by atomic mass is 9.85. The van der Waals surface area contributed by atoms with Gasteiger partial charge in [-0.25, -0.2) is 4.98 Å². The third kappa shape index (κ3) is 12.7. The molecule has 0 bridgehead atoms. The standard InChI is InChI=1S/C50H58F3N7O8S/c1-32-42(68-31-56-32)34-14-12-33(13-15-34)29-55-44(62)40-11-9-22-58(40)45(63)43(48(2,3)4)57-41(61)30-66-25-10-24-65-23-7-8-26-67-38-20-18-36(19-21-38)60-47(69)59(46(64)49(60,5)6)37-17-16-35(28-54)39(27-37)50(51,52)53/h12-21,27,31,40,43H,7-11,22-26,29-30H2,1-6H3,(H,55,62)(H,57,61)/t40-,43+/m0/s1. The SMILES string of the molecule is Cc1ncoc1-c1ccc(CNC(=O)[C@@H]2CCCN2C(=O)[C@@H](NC(=O)COCCCOCCCCOc2ccc(N3C(=S)N(c4ccc(C#N)c(C(F)(F)F)c4)C(=O)C3(C)C)cc2)C(C)(C)C)cc1. The number of rotatable bonds is 20. The zero-order valence-corrected chi connectivity index (χ0v) is 40.4. The van der Waals surface area contributed by atoms with Crippen LogP contribution in [0.3, 0.4) is 0 Å². The second-order valence-corrected chi connectivity index (χ2v) is 18.8. The van der Waals surface area contributed by atoms with Crippen LogP contribution < -0.4 is 25.2 Å². The number of aromatic nitrogens is 1. The zero-order valence-electron chi connectivity index (χ0n) is 39.6. The summed E-state index contributed by atoms with van der Waals surface area (Å²) in [5, 5.41) is 15.0. The van der Waals surface area contributed by atoms with Crippen LogP contribution in [0, 0.1) is 23.7 Å². The Labute approximate surface area is 405 Å². The lowest BCUT2D eigenvalue weighted by Crippen LogP contribution is -2.58. The molecular weight excluding hydrogens is 916 g/mol. The third-order valence-corrected chi connectivity index (χ3v) is 12.3. The molecule has 0 aliphatic carbocycles. The van der Waals surface area contributed by atoms with Crippen molar-refractivity contribution in [1.82, 2.24) is 20.5 Å². The van der Waals surface area contributed by atoms with E-state index in [4.69, 9.17) is 30.8 Å². The largest absolute Gasteiger partial charge is 0.494 e. The fourth-order valence-corrected chi connectivity index (χ4v) is 8.68. The van der Waals surface area contributed by atoms with E-state index in [0.717, 1.165) is 40.3 Å². The molecule has 2 fully saturated rings. The van der Waals surface area contributed by atoms with Crippen molar-refractivity contribution in [1.29, 1.82) is 5.26 Å². The number of oxazole rings is 1. The number of nitrogens with one attached hydrogen (secondary N) is 2. The molecule has 0 radical (unpaired) electrons. The van der Waals surface area contributed by atoms with Gasteiger partial charge in [-0.3, -0.25) is 24.1 Å². The Morgan fingerprint density at radius 2 is 1.62 bits per heavy atom. The number of alkyl halides is 3. The van der Waals surface area contributed by atoms with Crippen molar-refractivity contribution in [3.05, 3.63) is 95.5 Å². The second-order valence-electron chi connectivity index (χ2n) is 18.5. The van der Waals surface area contributed by atoms with Crippen molar-refractivity contribution < 1.29 is 51.0 Å². The van der Waals surface area contributed by atoms with Crippen molar-refractivity contribution in [2.75, 3.05) is 49.4 Å². The van der Waals surface area contributed by atoms with Gasteiger partial charge in [-0.05, 0) is 119 Å². The Balaban J connectivity index is 0.857. The lowest BCUT2D eigenvalue weighted by molar-refractivity contribution is -0.144. The fourth-order valence-electron chi connectivity index (χ4n) is 8.16. The molecule has 2 aliphatic heterocycles. The monoisotopic (exact) mass is 973 g/mol. The van der Waals surface area contributed by atoms with Gasteiger partial charge >= 0.3 is 6.18 Å². The van der Waals surface area contributed by atoms with Gasteiger partial charge in [0.2, 0.25) is 17.7 Å². The quantitative estimate of drug-likeness (QED) is 0.0648. The molecule has 368 valence electrons. The molecule has 1 aromatic heterocycles. The molecule has 0 unspecified atom stereocenters. The maximum absolute atomic E-state index is 13.9. The van der Waals surface area contributed by atoms with Crippen LogP contribution in [0.5, 0.6) is 5.75 Å². The summed E-state index contributed by atoms with van der Waals surface area (Å²) in [4.78, 5) is 62.1. The first-order valence-electron chi connectivity index (χ1n) is 22.8. The van der Waals surface area contributed by atoms with Crippen LogP contribution in [-0.4, -0.2) is 95.8 Å². The molecule has 0 spiro atoms. The molecule has 3 heterocycles. The molecule has 69 heavy (non-hydrogen) atoms. The molecule has 19 heteroatoms. The molecule has 2 saturated heterocycles. The summed E-state index contributed by atoms with van der Waals surface area (Å²) in [6.07, 6.45) is -0.225. The number of thiocarbonyl (C=S) groups is 1. The highest BCUT2D eigenvalue weighted by Crippen LogP contribution is 2.40. The Kier molecular flexibility index (Phi) is 16.9. The van der Waals surface area contributed by atoms with Crippen molar-refractivity contribution in [2.24, 2.45) is 5.41 Å². The first kappa shape index (κ1) is 52.0. The van der Waals surface area contributed by atoms with Gasteiger partial charge in [0.05, 0.1) is 35.2 Å². The number of nitrogens with zero attached hydrogens (tertiary/aromatic N) is 5. The third-order valence-electron chi connectivity index (χ3n) is 11.9. The van der Waals surface area contributed by atoms with Gasteiger partial charge in [0, 0.05) is 44.2 Å². The van der Waals surface area contributed by atoms with Gasteiger partial charge in [0.25, 0.3) is 5.91 Å². The number of anilines is 2. The highest BCUT2D eigenvalue weighted by Gasteiger charge is 2.51. The van der Waals surface area contributed by atoms with Gasteiger partial charge in [-0.1, -0.05) is 45.0 Å². The van der Waals surface area contributed by atoms with E-state index < -0.39 is 52.2 Å². The number of nitriles is 1. The molecule has 2 N–H and O–H groups in total. The topological polar surface area (TPSA) is 180 Å². The number of carbonyl (C=O) groups excluding carboxylic acids is 4. The van der Waals surface area contributed by atoms with Gasteiger partial charge in [0.1, 0.15) is 30.0 Å².